The molecule has 3 aromatic rings. The third kappa shape index (κ3) is 7.06. The molecule has 0 N–H and O–H groups in total. The summed E-state index contributed by atoms with van der Waals surface area (Å²) in [6.07, 6.45) is 0.931. The molecule has 0 amide bonds. The molecule has 1 heterocycles. The molecule has 2 atom stereocenters. The van der Waals surface area contributed by atoms with Crippen LogP contribution in [0.5, 0.6) is 0 Å². The molecule has 8 heteroatoms. The summed E-state index contributed by atoms with van der Waals surface area (Å²) < 4.78 is 27.7. The van der Waals surface area contributed by atoms with E-state index in [2.05, 4.69) is 14.9 Å². The van der Waals surface area contributed by atoms with Gasteiger partial charge in [0.2, 0.25) is 5.92 Å². The van der Waals surface area contributed by atoms with E-state index in [-0.39, 0.29) is 37.6 Å². The molecule has 1 saturated heterocycles. The summed E-state index contributed by atoms with van der Waals surface area (Å²) in [6, 6.07) is 24.4. The molecule has 0 spiro atoms. The van der Waals surface area contributed by atoms with Gasteiger partial charge in [0.1, 0.15) is 0 Å². The smallest absolute Gasteiger partial charge is 0.248 e. The monoisotopic (exact) mass is 557 g/mol. The molecule has 41 heavy (non-hydrogen) atoms. The number of carboxylic acids is 1. The Morgan fingerprint density at radius 3 is 2.22 bits per heavy atom. The first-order valence-corrected chi connectivity index (χ1v) is 14.2. The fourth-order valence-electron chi connectivity index (χ4n) is 5.84. The van der Waals surface area contributed by atoms with E-state index in [1.807, 2.05) is 48.5 Å². The molecule has 5 rings (SSSR count). The van der Waals surface area contributed by atoms with Crippen molar-refractivity contribution in [2.45, 2.75) is 63.1 Å². The zero-order chi connectivity index (χ0) is 28.8. The number of aliphatic carboxylic acids is 1. The minimum Gasteiger partial charge on any atom is -0.861 e. The van der Waals surface area contributed by atoms with Crippen molar-refractivity contribution in [1.82, 2.24) is 4.90 Å². The number of carboxylic acid groups (broad SMARTS) is 1. The molecule has 1 saturated carbocycles. The summed E-state index contributed by atoms with van der Waals surface area (Å²) in [4.78, 5) is 23.6. The predicted octanol–water partition coefficient (Wildman–Crippen LogP) is 4.52. The largest absolute Gasteiger partial charge is 0.861 e. The molecule has 0 radical (unpaired) electrons. The lowest BCUT2D eigenvalue weighted by Gasteiger charge is -2.33. The van der Waals surface area contributed by atoms with Crippen molar-refractivity contribution in [2.75, 3.05) is 6.54 Å². The van der Waals surface area contributed by atoms with Crippen molar-refractivity contribution in [2.24, 2.45) is 15.9 Å². The van der Waals surface area contributed by atoms with Crippen LogP contribution in [0.2, 0.25) is 0 Å². The zero-order valence-corrected chi connectivity index (χ0v) is 22.8. The number of aliphatic imine (C=N–C) groups is 2. The summed E-state index contributed by atoms with van der Waals surface area (Å²) in [5, 5.41) is 25.8. The van der Waals surface area contributed by atoms with Gasteiger partial charge in [0.25, 0.3) is 0 Å². The quantitative estimate of drug-likeness (QED) is 0.286. The maximum atomic E-state index is 13.8. The highest BCUT2D eigenvalue weighted by Gasteiger charge is 2.38. The van der Waals surface area contributed by atoms with Gasteiger partial charge in [-0.25, -0.2) is 8.78 Å². The highest BCUT2D eigenvalue weighted by atomic mass is 19.3. The third-order valence-electron chi connectivity index (χ3n) is 8.03. The van der Waals surface area contributed by atoms with Crippen LogP contribution in [0.3, 0.4) is 0 Å². The van der Waals surface area contributed by atoms with Gasteiger partial charge in [-0.2, -0.15) is 0 Å². The zero-order valence-electron chi connectivity index (χ0n) is 22.8. The van der Waals surface area contributed by atoms with E-state index in [4.69, 9.17) is 0 Å². The van der Waals surface area contributed by atoms with Crippen LogP contribution in [0, 0.1) is 5.92 Å². The summed E-state index contributed by atoms with van der Waals surface area (Å²) >= 11 is 0. The average Bonchev–Trinajstić information content (AvgIpc) is 3.44. The molecule has 3 aromatic carbocycles. The van der Waals surface area contributed by atoms with Gasteiger partial charge < -0.3 is 15.0 Å². The highest BCUT2D eigenvalue weighted by molar-refractivity contribution is 6.16. The van der Waals surface area contributed by atoms with Crippen molar-refractivity contribution in [3.8, 4) is 0 Å². The minimum atomic E-state index is -2.79. The molecule has 6 nitrogen and oxygen atoms in total. The number of rotatable bonds is 9. The maximum Gasteiger partial charge on any atom is 0.248 e. The predicted molar refractivity (Wildman–Crippen MR) is 151 cm³/mol. The molecule has 1 aliphatic carbocycles. The van der Waals surface area contributed by atoms with Crippen molar-refractivity contribution in [3.63, 3.8) is 0 Å². The first-order valence-electron chi connectivity index (χ1n) is 14.2. The van der Waals surface area contributed by atoms with E-state index < -0.39 is 23.9 Å². The second kappa shape index (κ2) is 12.7. The van der Waals surface area contributed by atoms with Gasteiger partial charge in [-0.1, -0.05) is 78.9 Å². The summed E-state index contributed by atoms with van der Waals surface area (Å²) in [6.45, 7) is 1.45. The highest BCUT2D eigenvalue weighted by Crippen LogP contribution is 2.38. The van der Waals surface area contributed by atoms with Gasteiger partial charge in [0.15, 0.2) is 0 Å². The number of hydrogen-bond donors (Lipinski definition) is 0. The van der Waals surface area contributed by atoms with E-state index in [0.29, 0.717) is 35.5 Å². The van der Waals surface area contributed by atoms with Gasteiger partial charge in [-0.15, -0.1) is 0 Å². The number of carbonyl (C=O) groups excluding carboxylic acids is 1. The van der Waals surface area contributed by atoms with Gasteiger partial charge in [0.05, 0.1) is 23.4 Å². The summed E-state index contributed by atoms with van der Waals surface area (Å²) in [7, 11) is 0. The second-order valence-corrected chi connectivity index (χ2v) is 10.9. The number of alkyl halides is 2. The Bertz CT molecular complexity index is 1390. The Morgan fingerprint density at radius 1 is 0.902 bits per heavy atom. The average molecular weight is 558 g/mol. The third-order valence-corrected chi connectivity index (χ3v) is 8.03. The van der Waals surface area contributed by atoms with Crippen LogP contribution >= 0.6 is 0 Å². The number of halogens is 2. The Labute approximate surface area is 239 Å². The van der Waals surface area contributed by atoms with Crippen LogP contribution in [0.4, 0.5) is 14.5 Å². The summed E-state index contributed by atoms with van der Waals surface area (Å²) in [5.74, 6) is -5.03. The molecule has 2 fully saturated rings. The van der Waals surface area contributed by atoms with E-state index in [1.165, 1.54) is 0 Å². The number of benzene rings is 3. The Hall–Kier alpha value is -3.91. The van der Waals surface area contributed by atoms with Gasteiger partial charge in [0, 0.05) is 36.6 Å². The van der Waals surface area contributed by atoms with Crippen molar-refractivity contribution in [3.05, 3.63) is 102 Å². The molecule has 0 aromatic heterocycles. The normalized spacial score (nSPS) is 21.1. The van der Waals surface area contributed by atoms with Gasteiger partial charge in [-0.05, 0) is 55.7 Å². The van der Waals surface area contributed by atoms with Crippen molar-refractivity contribution < 1.29 is 23.8 Å². The fourth-order valence-corrected chi connectivity index (χ4v) is 5.84. The lowest BCUT2D eigenvalue weighted by molar-refractivity contribution is -0.309. The van der Waals surface area contributed by atoms with Crippen molar-refractivity contribution in [1.29, 1.82) is 0 Å². The Kier molecular flexibility index (Phi) is 8.88. The van der Waals surface area contributed by atoms with Gasteiger partial charge >= 0.3 is 0 Å². The Morgan fingerprint density at radius 2 is 1.54 bits per heavy atom. The molecule has 1 aliphatic heterocycles. The van der Waals surface area contributed by atoms with E-state index in [1.54, 1.807) is 36.4 Å². The standard InChI is InChI=1S/C33H35F2N3O3/c34-33(35)19-17-25(18-20-33)30(32(40)41)37-29(24-12-5-2-6-13-24)26-14-7-8-15-27(26)36-31(39)28-16-9-21-38(28)22-23-10-3-1-4-11-23/h1-8,10-15,25,28,30H,9,16-22H2,(H,36,39)(H,40,41)/p-2/t28-,30-/m0/s1. The second-order valence-electron chi connectivity index (χ2n) is 10.9. The van der Waals surface area contributed by atoms with Crippen molar-refractivity contribution >= 4 is 23.3 Å². The number of nitrogens with zero attached hydrogens (tertiary/aromatic N) is 3. The fraction of sp³-hybridized carbons (Fsp3) is 0.364. The molecular formula is C33H33F2N3O3-2. The Balaban J connectivity index is 1.50. The summed E-state index contributed by atoms with van der Waals surface area (Å²) in [5.41, 5.74) is 3.00. The molecule has 0 bridgehead atoms. The van der Waals surface area contributed by atoms with E-state index in [0.717, 1.165) is 18.5 Å². The maximum absolute atomic E-state index is 13.8. The number of para-hydroxylation sites is 1. The van der Waals surface area contributed by atoms with Crippen LogP contribution in [0.25, 0.3) is 0 Å². The van der Waals surface area contributed by atoms with E-state index >= 15 is 0 Å². The molecular weight excluding hydrogens is 524 g/mol. The minimum absolute atomic E-state index is 0.0423. The van der Waals surface area contributed by atoms with Crippen LogP contribution in [-0.2, 0) is 11.3 Å². The van der Waals surface area contributed by atoms with Gasteiger partial charge in [-0.3, -0.25) is 14.9 Å². The van der Waals surface area contributed by atoms with Crippen LogP contribution in [-0.4, -0.2) is 47.0 Å². The molecule has 0 unspecified atom stereocenters. The lowest BCUT2D eigenvalue weighted by Crippen LogP contribution is -2.42. The first-order chi connectivity index (χ1) is 19.8. The topological polar surface area (TPSA) is 91.1 Å². The number of carbonyl (C=O) groups is 1. The molecule has 2 aliphatic rings. The van der Waals surface area contributed by atoms with Crippen LogP contribution in [0.15, 0.2) is 94.9 Å². The number of hydrogen-bond acceptors (Lipinski definition) is 6. The first kappa shape index (κ1) is 28.6. The van der Waals surface area contributed by atoms with E-state index in [9.17, 15) is 23.8 Å². The SMILES string of the molecule is O=C([O-])[C@@H](N=C(c1ccccc1)c1ccccc1N=C([O-])[C@@H]1CCCN1Cc1ccccc1)C1CCC(F)(F)CC1. The molecule has 214 valence electrons. The van der Waals surface area contributed by atoms with Crippen LogP contribution in [0.1, 0.15) is 55.2 Å². The lowest BCUT2D eigenvalue weighted by atomic mass is 9.82. The number of likely N-dealkylation sites (tertiary alicyclic amines) is 1. The van der Waals surface area contributed by atoms with Crippen LogP contribution < -0.4 is 10.2 Å².